The Balaban J connectivity index is 2.83. The maximum Gasteiger partial charge on any atom is 0.205 e. The molecular formula is C2H5ClO4. The van der Waals surface area contributed by atoms with Crippen molar-refractivity contribution in [1.82, 2.24) is 0 Å². The average molecular weight is 129 g/mol. The van der Waals surface area contributed by atoms with Crippen molar-refractivity contribution >= 4 is 11.6 Å². The molecule has 0 aromatic heterocycles. The Morgan fingerprint density at radius 3 is 2.43 bits per heavy atom. The zero-order valence-electron chi connectivity index (χ0n) is 3.37. The second-order valence-electron chi connectivity index (χ2n) is 0.780. The number of rotatable bonds is 3. The molecule has 0 aliphatic carbocycles. The maximum atomic E-state index is 8.22. The summed E-state index contributed by atoms with van der Waals surface area (Å²) in [6, 6.07) is 0. The molecule has 7 heavy (non-hydrogen) atoms. The first kappa shape index (κ1) is 7.13. The lowest BCUT2D eigenvalue weighted by molar-refractivity contribution is -0.523. The summed E-state index contributed by atoms with van der Waals surface area (Å²) in [7, 11) is 0. The van der Waals surface area contributed by atoms with Crippen LogP contribution in [0.3, 0.4) is 0 Å². The van der Waals surface area contributed by atoms with Gasteiger partial charge in [0.15, 0.2) is 0 Å². The maximum absolute atomic E-state index is 8.22. The number of hydrogen-bond donors (Lipinski definition) is 2. The summed E-state index contributed by atoms with van der Waals surface area (Å²) in [4.78, 5) is 3.67. The second kappa shape index (κ2) is 4.29. The fraction of sp³-hybridized carbons (Fsp3) is 1.00. The van der Waals surface area contributed by atoms with Crippen molar-refractivity contribution in [3.63, 3.8) is 0 Å². The monoisotopic (exact) mass is 128 g/mol. The molecule has 0 aliphatic rings. The van der Waals surface area contributed by atoms with Crippen LogP contribution in [0.5, 0.6) is 0 Å². The largest absolute Gasteiger partial charge is 0.365 e. The normalized spacial score (nSPS) is 14.1. The van der Waals surface area contributed by atoms with Crippen molar-refractivity contribution in [3.05, 3.63) is 0 Å². The Morgan fingerprint density at radius 1 is 1.71 bits per heavy atom. The molecule has 0 saturated carbocycles. The molecule has 0 aromatic rings. The Morgan fingerprint density at radius 2 is 2.29 bits per heavy atom. The first-order chi connectivity index (χ1) is 3.31. The molecular weight excluding hydrogens is 123 g/mol. The molecule has 0 amide bonds. The van der Waals surface area contributed by atoms with Crippen LogP contribution in [-0.4, -0.2) is 22.5 Å². The topological polar surface area (TPSA) is 58.9 Å². The predicted molar refractivity (Wildman–Crippen MR) is 21.5 cm³/mol. The summed E-state index contributed by atoms with van der Waals surface area (Å²) in [5, 5.41) is 18.7. The standard InChI is InChI=1S/C2H5ClO4/c3-1-2(4)6-7-5/h2,4-5H,1H2. The number of hydrogen-bond acceptors (Lipinski definition) is 4. The van der Waals surface area contributed by atoms with Crippen LogP contribution in [0.25, 0.3) is 0 Å². The molecule has 0 saturated heterocycles. The summed E-state index contributed by atoms with van der Waals surface area (Å²) in [6.45, 7) is 0. The van der Waals surface area contributed by atoms with E-state index >= 15 is 0 Å². The number of alkyl halides is 1. The minimum absolute atomic E-state index is 0.138. The highest BCUT2D eigenvalue weighted by atomic mass is 35.5. The fourth-order valence-electron chi connectivity index (χ4n) is 0.0754. The van der Waals surface area contributed by atoms with Crippen LogP contribution in [0.15, 0.2) is 0 Å². The van der Waals surface area contributed by atoms with E-state index < -0.39 is 6.29 Å². The van der Waals surface area contributed by atoms with Gasteiger partial charge in [-0.05, 0) is 0 Å². The van der Waals surface area contributed by atoms with Gasteiger partial charge in [0.25, 0.3) is 0 Å². The molecule has 44 valence electrons. The van der Waals surface area contributed by atoms with E-state index in [1.807, 2.05) is 0 Å². The molecule has 0 aliphatic heterocycles. The third kappa shape index (κ3) is 3.97. The van der Waals surface area contributed by atoms with Crippen LogP contribution in [0.2, 0.25) is 0 Å². The van der Waals surface area contributed by atoms with Crippen LogP contribution in [0, 0.1) is 0 Å². The van der Waals surface area contributed by atoms with Gasteiger partial charge in [-0.1, -0.05) is 5.04 Å². The number of aliphatic hydroxyl groups excluding tert-OH is 1. The van der Waals surface area contributed by atoms with Gasteiger partial charge in [0, 0.05) is 0 Å². The molecule has 1 unspecified atom stereocenters. The van der Waals surface area contributed by atoms with Gasteiger partial charge in [-0.2, -0.15) is 4.89 Å². The number of aliphatic hydroxyl groups is 1. The van der Waals surface area contributed by atoms with Crippen molar-refractivity contribution in [2.75, 3.05) is 5.88 Å². The summed E-state index contributed by atoms with van der Waals surface area (Å²) in [5.74, 6) is -0.138. The highest BCUT2D eigenvalue weighted by Gasteiger charge is 1.99. The summed E-state index contributed by atoms with van der Waals surface area (Å²) < 4.78 is 0. The quantitative estimate of drug-likeness (QED) is 0.242. The summed E-state index contributed by atoms with van der Waals surface area (Å²) in [6.07, 6.45) is -1.26. The Labute approximate surface area is 45.1 Å². The minimum Gasteiger partial charge on any atom is -0.365 e. The molecule has 2 N–H and O–H groups in total. The van der Waals surface area contributed by atoms with E-state index in [0.29, 0.717) is 0 Å². The molecule has 0 radical (unpaired) electrons. The van der Waals surface area contributed by atoms with Crippen molar-refractivity contribution < 1.29 is 20.3 Å². The van der Waals surface area contributed by atoms with Crippen molar-refractivity contribution in [2.24, 2.45) is 0 Å². The van der Waals surface area contributed by atoms with Gasteiger partial charge in [0.1, 0.15) is 0 Å². The fourth-order valence-corrected chi connectivity index (χ4v) is 0.127. The average Bonchev–Trinajstić information content (AvgIpc) is 1.68. The molecule has 1 atom stereocenters. The zero-order chi connectivity index (χ0) is 5.70. The predicted octanol–water partition coefficient (Wildman–Crippen LogP) is -0.0352. The Kier molecular flexibility index (Phi) is 4.37. The Hall–Kier alpha value is 0.130. The van der Waals surface area contributed by atoms with E-state index in [-0.39, 0.29) is 5.88 Å². The van der Waals surface area contributed by atoms with Gasteiger partial charge in [0.2, 0.25) is 6.29 Å². The van der Waals surface area contributed by atoms with E-state index in [4.69, 9.17) is 22.0 Å². The summed E-state index contributed by atoms with van der Waals surface area (Å²) >= 11 is 4.96. The van der Waals surface area contributed by atoms with Crippen LogP contribution >= 0.6 is 11.6 Å². The van der Waals surface area contributed by atoms with E-state index in [2.05, 4.69) is 9.93 Å². The van der Waals surface area contributed by atoms with Gasteiger partial charge in [-0.15, -0.1) is 11.6 Å². The first-order valence-corrected chi connectivity index (χ1v) is 2.05. The Bertz CT molecular complexity index is 40.7. The molecule has 0 heterocycles. The third-order valence-corrected chi connectivity index (χ3v) is 0.550. The molecule has 5 heteroatoms. The molecule has 4 nitrogen and oxygen atoms in total. The molecule has 0 aromatic carbocycles. The zero-order valence-corrected chi connectivity index (χ0v) is 4.13. The van der Waals surface area contributed by atoms with Gasteiger partial charge in [0.05, 0.1) is 5.88 Å². The van der Waals surface area contributed by atoms with Crippen LogP contribution < -0.4 is 0 Å². The van der Waals surface area contributed by atoms with E-state index in [9.17, 15) is 0 Å². The second-order valence-corrected chi connectivity index (χ2v) is 1.09. The molecule has 0 fully saturated rings. The van der Waals surface area contributed by atoms with Gasteiger partial charge in [-0.3, -0.25) is 0 Å². The smallest absolute Gasteiger partial charge is 0.205 e. The minimum atomic E-state index is -1.26. The van der Waals surface area contributed by atoms with E-state index in [1.165, 1.54) is 0 Å². The lowest BCUT2D eigenvalue weighted by Crippen LogP contribution is -2.12. The SMILES string of the molecule is OOOC(O)CCl. The lowest BCUT2D eigenvalue weighted by atomic mass is 10.8. The van der Waals surface area contributed by atoms with E-state index in [0.717, 1.165) is 0 Å². The van der Waals surface area contributed by atoms with E-state index in [1.54, 1.807) is 0 Å². The molecule has 0 spiro atoms. The van der Waals surface area contributed by atoms with Gasteiger partial charge < -0.3 is 5.11 Å². The highest BCUT2D eigenvalue weighted by Crippen LogP contribution is 1.87. The van der Waals surface area contributed by atoms with Crippen LogP contribution in [0.4, 0.5) is 0 Å². The molecule has 0 bridgehead atoms. The van der Waals surface area contributed by atoms with Gasteiger partial charge in [-0.25, -0.2) is 5.26 Å². The summed E-state index contributed by atoms with van der Waals surface area (Å²) in [5.41, 5.74) is 0. The third-order valence-electron chi connectivity index (χ3n) is 0.286. The number of halogens is 1. The molecule has 0 rings (SSSR count). The van der Waals surface area contributed by atoms with Crippen molar-refractivity contribution in [1.29, 1.82) is 0 Å². The van der Waals surface area contributed by atoms with Crippen LogP contribution in [0.1, 0.15) is 0 Å². The van der Waals surface area contributed by atoms with Crippen molar-refractivity contribution in [3.8, 4) is 0 Å². The first-order valence-electron chi connectivity index (χ1n) is 1.52. The van der Waals surface area contributed by atoms with Crippen LogP contribution in [-0.2, 0) is 9.93 Å². The van der Waals surface area contributed by atoms with Crippen molar-refractivity contribution in [2.45, 2.75) is 6.29 Å². The van der Waals surface area contributed by atoms with Gasteiger partial charge >= 0.3 is 0 Å². The highest BCUT2D eigenvalue weighted by molar-refractivity contribution is 6.18. The lowest BCUT2D eigenvalue weighted by Gasteiger charge is -1.99.